The minimum absolute atomic E-state index is 0.433. The van der Waals surface area contributed by atoms with Crippen LogP contribution in [0.4, 0.5) is 0 Å². The minimum Gasteiger partial charge on any atom is -0.298 e. The van der Waals surface area contributed by atoms with E-state index in [1.165, 1.54) is 37.7 Å². The molecule has 1 N–H and O–H groups in total. The molecule has 2 rings (SSSR count). The number of nitrogens with one attached hydrogen (secondary N) is 1. The maximum atomic E-state index is 5.64. The second-order valence-corrected chi connectivity index (χ2v) is 4.18. The van der Waals surface area contributed by atoms with Crippen molar-refractivity contribution in [1.29, 1.82) is 0 Å². The maximum absolute atomic E-state index is 5.64. The van der Waals surface area contributed by atoms with E-state index in [0.717, 1.165) is 6.54 Å². The highest BCUT2D eigenvalue weighted by atomic mass is 16.7. The number of hydrogen-bond donors (Lipinski definition) is 1. The molecule has 0 atom stereocenters. The van der Waals surface area contributed by atoms with Gasteiger partial charge < -0.3 is 0 Å². The van der Waals surface area contributed by atoms with Gasteiger partial charge in [-0.25, -0.2) is 0 Å². The van der Waals surface area contributed by atoms with Gasteiger partial charge in [0, 0.05) is 6.54 Å². The molecule has 2 nitrogen and oxygen atoms in total. The Morgan fingerprint density at radius 3 is 2.53 bits per heavy atom. The summed E-state index contributed by atoms with van der Waals surface area (Å²) in [6.45, 7) is 0.803. The van der Waals surface area contributed by atoms with Crippen LogP contribution in [0.1, 0.15) is 37.7 Å². The third-order valence-electron chi connectivity index (χ3n) is 2.92. The van der Waals surface area contributed by atoms with Crippen LogP contribution in [0.15, 0.2) is 30.3 Å². The Morgan fingerprint density at radius 1 is 1.07 bits per heavy atom. The Kier molecular flexibility index (Phi) is 4.18. The molecule has 0 heterocycles. The van der Waals surface area contributed by atoms with E-state index in [2.05, 4.69) is 29.7 Å². The lowest BCUT2D eigenvalue weighted by atomic mass is 9.98. The zero-order chi connectivity index (χ0) is 10.3. The first-order chi connectivity index (χ1) is 7.45. The monoisotopic (exact) mass is 205 g/mol. The first-order valence-electron chi connectivity index (χ1n) is 5.87. The Labute approximate surface area is 91.6 Å². The third-order valence-corrected chi connectivity index (χ3v) is 2.92. The van der Waals surface area contributed by atoms with Gasteiger partial charge in [-0.1, -0.05) is 49.6 Å². The molecule has 0 radical (unpaired) electrons. The second-order valence-electron chi connectivity index (χ2n) is 4.18. The Hall–Kier alpha value is -0.860. The third kappa shape index (κ3) is 3.65. The van der Waals surface area contributed by atoms with Crippen molar-refractivity contribution in [2.45, 2.75) is 44.8 Å². The van der Waals surface area contributed by atoms with Gasteiger partial charge in [0.2, 0.25) is 0 Å². The number of hydrogen-bond acceptors (Lipinski definition) is 2. The van der Waals surface area contributed by atoms with E-state index in [4.69, 9.17) is 4.84 Å². The molecule has 0 spiro atoms. The van der Waals surface area contributed by atoms with Gasteiger partial charge in [-0.15, -0.1) is 0 Å². The summed E-state index contributed by atoms with van der Waals surface area (Å²) in [5.41, 5.74) is 4.34. The maximum Gasteiger partial charge on any atom is 0.0790 e. The minimum atomic E-state index is 0.433. The molecule has 0 aromatic heterocycles. The molecule has 0 aliphatic heterocycles. The predicted octanol–water partition coefficient (Wildman–Crippen LogP) is 3.04. The summed E-state index contributed by atoms with van der Waals surface area (Å²) in [5, 5.41) is 0. The summed E-state index contributed by atoms with van der Waals surface area (Å²) < 4.78 is 0. The molecule has 1 fully saturated rings. The molecule has 0 saturated heterocycles. The molecule has 1 aromatic carbocycles. The molecule has 1 aliphatic carbocycles. The van der Waals surface area contributed by atoms with Crippen LogP contribution in [-0.4, -0.2) is 6.10 Å². The van der Waals surface area contributed by atoms with Crippen molar-refractivity contribution in [1.82, 2.24) is 5.48 Å². The molecule has 0 amide bonds. The van der Waals surface area contributed by atoms with Crippen LogP contribution in [0.2, 0.25) is 0 Å². The van der Waals surface area contributed by atoms with Crippen LogP contribution in [0, 0.1) is 0 Å². The fraction of sp³-hybridized carbons (Fsp3) is 0.538. The van der Waals surface area contributed by atoms with Crippen molar-refractivity contribution in [3.05, 3.63) is 35.9 Å². The molecule has 1 aromatic rings. The highest BCUT2D eigenvalue weighted by Gasteiger charge is 2.13. The van der Waals surface area contributed by atoms with Gasteiger partial charge in [0.1, 0.15) is 0 Å². The fourth-order valence-electron chi connectivity index (χ4n) is 2.02. The zero-order valence-corrected chi connectivity index (χ0v) is 9.11. The fourth-order valence-corrected chi connectivity index (χ4v) is 2.02. The smallest absolute Gasteiger partial charge is 0.0790 e. The van der Waals surface area contributed by atoms with Crippen LogP contribution in [0.3, 0.4) is 0 Å². The van der Waals surface area contributed by atoms with Crippen molar-refractivity contribution in [2.75, 3.05) is 0 Å². The lowest BCUT2D eigenvalue weighted by Gasteiger charge is -2.21. The van der Waals surface area contributed by atoms with Gasteiger partial charge in [0.25, 0.3) is 0 Å². The van der Waals surface area contributed by atoms with Crippen molar-refractivity contribution in [3.63, 3.8) is 0 Å². The molecule has 82 valence electrons. The van der Waals surface area contributed by atoms with E-state index in [1.54, 1.807) is 0 Å². The lowest BCUT2D eigenvalue weighted by Crippen LogP contribution is -2.25. The molecule has 1 saturated carbocycles. The van der Waals surface area contributed by atoms with Gasteiger partial charge >= 0.3 is 0 Å². The van der Waals surface area contributed by atoms with E-state index in [9.17, 15) is 0 Å². The van der Waals surface area contributed by atoms with E-state index >= 15 is 0 Å². The van der Waals surface area contributed by atoms with Crippen molar-refractivity contribution in [2.24, 2.45) is 0 Å². The number of benzene rings is 1. The second kappa shape index (κ2) is 5.89. The van der Waals surface area contributed by atoms with E-state index in [-0.39, 0.29) is 0 Å². The van der Waals surface area contributed by atoms with Gasteiger partial charge in [-0.3, -0.25) is 4.84 Å². The normalized spacial score (nSPS) is 17.9. The summed E-state index contributed by atoms with van der Waals surface area (Å²) in [6.07, 6.45) is 6.86. The van der Waals surface area contributed by atoms with Gasteiger partial charge in [-0.05, 0) is 18.4 Å². The topological polar surface area (TPSA) is 21.3 Å². The van der Waals surface area contributed by atoms with Crippen LogP contribution in [-0.2, 0) is 11.4 Å². The highest BCUT2D eigenvalue weighted by molar-refractivity contribution is 5.13. The van der Waals surface area contributed by atoms with Crippen LogP contribution < -0.4 is 5.48 Å². The number of hydroxylamine groups is 1. The zero-order valence-electron chi connectivity index (χ0n) is 9.11. The van der Waals surface area contributed by atoms with Crippen molar-refractivity contribution < 1.29 is 4.84 Å². The summed E-state index contributed by atoms with van der Waals surface area (Å²) in [4.78, 5) is 5.64. The van der Waals surface area contributed by atoms with Gasteiger partial charge in [-0.2, -0.15) is 5.48 Å². The molecule has 0 unspecified atom stereocenters. The van der Waals surface area contributed by atoms with Gasteiger partial charge in [0.05, 0.1) is 6.10 Å². The predicted molar refractivity (Wildman–Crippen MR) is 61.2 cm³/mol. The summed E-state index contributed by atoms with van der Waals surface area (Å²) >= 11 is 0. The average Bonchev–Trinajstić information content (AvgIpc) is 2.32. The SMILES string of the molecule is c1ccc(CNOC2CCCCC2)cc1. The summed E-state index contributed by atoms with van der Waals surface area (Å²) in [5.74, 6) is 0. The quantitative estimate of drug-likeness (QED) is 0.763. The Bertz CT molecular complexity index is 267. The highest BCUT2D eigenvalue weighted by Crippen LogP contribution is 2.19. The van der Waals surface area contributed by atoms with Crippen molar-refractivity contribution in [3.8, 4) is 0 Å². The summed E-state index contributed by atoms with van der Waals surface area (Å²) in [6, 6.07) is 10.4. The van der Waals surface area contributed by atoms with E-state index in [1.807, 2.05) is 6.07 Å². The average molecular weight is 205 g/mol. The number of rotatable bonds is 4. The molecule has 15 heavy (non-hydrogen) atoms. The molecule has 2 heteroatoms. The standard InChI is InChI=1S/C13H19NO/c1-3-7-12(8-4-1)11-14-15-13-9-5-2-6-10-13/h1,3-4,7-8,13-14H,2,5-6,9-11H2. The Balaban J connectivity index is 1.66. The van der Waals surface area contributed by atoms with E-state index in [0.29, 0.717) is 6.10 Å². The first kappa shape index (κ1) is 10.7. The molecule has 1 aliphatic rings. The van der Waals surface area contributed by atoms with Crippen LogP contribution in [0.5, 0.6) is 0 Å². The lowest BCUT2D eigenvalue weighted by molar-refractivity contribution is -0.0453. The largest absolute Gasteiger partial charge is 0.298 e. The van der Waals surface area contributed by atoms with E-state index < -0.39 is 0 Å². The Morgan fingerprint density at radius 2 is 1.80 bits per heavy atom. The van der Waals surface area contributed by atoms with Gasteiger partial charge in [0.15, 0.2) is 0 Å². The molecular formula is C13H19NO. The summed E-state index contributed by atoms with van der Waals surface area (Å²) in [7, 11) is 0. The van der Waals surface area contributed by atoms with Crippen molar-refractivity contribution >= 4 is 0 Å². The van der Waals surface area contributed by atoms with Crippen LogP contribution in [0.25, 0.3) is 0 Å². The van der Waals surface area contributed by atoms with Crippen LogP contribution >= 0.6 is 0 Å². The first-order valence-corrected chi connectivity index (χ1v) is 5.87. The molecular weight excluding hydrogens is 186 g/mol. The molecule has 0 bridgehead atoms.